The Morgan fingerprint density at radius 1 is 1.38 bits per heavy atom. The van der Waals surface area contributed by atoms with E-state index in [1.165, 1.54) is 11.9 Å². The molecule has 6 heteroatoms. The van der Waals surface area contributed by atoms with E-state index in [0.717, 1.165) is 33.4 Å². The van der Waals surface area contributed by atoms with Crippen LogP contribution in [0.15, 0.2) is 22.9 Å². The van der Waals surface area contributed by atoms with Gasteiger partial charge in [0.1, 0.15) is 12.1 Å². The number of nitriles is 1. The molecule has 124 valence electrons. The van der Waals surface area contributed by atoms with E-state index >= 15 is 0 Å². The lowest BCUT2D eigenvalue weighted by atomic mass is 9.71. The van der Waals surface area contributed by atoms with E-state index in [2.05, 4.69) is 56.8 Å². The number of rotatable bonds is 3. The minimum Gasteiger partial charge on any atom is -0.383 e. The molecular weight excluding hydrogens is 366 g/mol. The fourth-order valence-corrected chi connectivity index (χ4v) is 4.23. The summed E-state index contributed by atoms with van der Waals surface area (Å²) in [5, 5.41) is 8.89. The van der Waals surface area contributed by atoms with Crippen LogP contribution in [-0.2, 0) is 11.8 Å². The molecule has 0 radical (unpaired) electrons. The first-order chi connectivity index (χ1) is 11.4. The number of nitrogens with zero attached hydrogens (tertiary/aromatic N) is 4. The molecule has 0 saturated carbocycles. The Hall–Kier alpha value is -2.13. The molecule has 0 amide bonds. The maximum absolute atomic E-state index is 8.89. The quantitative estimate of drug-likeness (QED) is 0.871. The molecule has 1 aromatic carbocycles. The first-order valence-electron chi connectivity index (χ1n) is 7.87. The monoisotopic (exact) mass is 385 g/mol. The highest BCUT2D eigenvalue weighted by Crippen LogP contribution is 2.48. The van der Waals surface area contributed by atoms with Gasteiger partial charge in [0.05, 0.1) is 23.9 Å². The van der Waals surface area contributed by atoms with E-state index in [1.54, 1.807) is 0 Å². The number of hydrogen-bond acceptors (Lipinski definition) is 5. The van der Waals surface area contributed by atoms with Gasteiger partial charge in [-0.25, -0.2) is 9.97 Å². The van der Waals surface area contributed by atoms with Gasteiger partial charge in [-0.3, -0.25) is 0 Å². The molecule has 1 heterocycles. The van der Waals surface area contributed by atoms with Crippen LogP contribution in [0.3, 0.4) is 0 Å². The minimum atomic E-state index is -0.153. The molecule has 0 spiro atoms. The summed E-state index contributed by atoms with van der Waals surface area (Å²) in [4.78, 5) is 10.9. The van der Waals surface area contributed by atoms with Crippen molar-refractivity contribution in [2.75, 3.05) is 24.2 Å². The molecule has 1 aromatic heterocycles. The van der Waals surface area contributed by atoms with Crippen LogP contribution >= 0.6 is 15.9 Å². The van der Waals surface area contributed by atoms with Gasteiger partial charge in [0.2, 0.25) is 0 Å². The maximum atomic E-state index is 8.89. The standard InChI is InChI=1S/C18H20BrN5/c1-18(2)9-12-11(15-14(18)17(21)23-10-22-15)5-6-13(19)16(12)24(3)8-4-7-20/h5-6,10H,4,8-9H2,1-3H3,(H2,21,22,23). The lowest BCUT2D eigenvalue weighted by Gasteiger charge is -2.36. The van der Waals surface area contributed by atoms with E-state index in [1.807, 2.05) is 13.1 Å². The van der Waals surface area contributed by atoms with Crippen LogP contribution < -0.4 is 10.6 Å². The molecule has 1 aliphatic rings. The Kier molecular flexibility index (Phi) is 4.22. The van der Waals surface area contributed by atoms with Crippen molar-refractivity contribution >= 4 is 27.4 Å². The maximum Gasteiger partial charge on any atom is 0.131 e. The molecule has 0 bridgehead atoms. The summed E-state index contributed by atoms with van der Waals surface area (Å²) in [6, 6.07) is 6.34. The van der Waals surface area contributed by atoms with Crippen LogP contribution in [0.1, 0.15) is 31.4 Å². The third-order valence-corrected chi connectivity index (χ3v) is 5.24. The van der Waals surface area contributed by atoms with Gasteiger partial charge in [-0.2, -0.15) is 5.26 Å². The fraction of sp³-hybridized carbons (Fsp3) is 0.389. The molecule has 2 N–H and O–H groups in total. The predicted molar refractivity (Wildman–Crippen MR) is 99.8 cm³/mol. The van der Waals surface area contributed by atoms with Gasteiger partial charge in [0, 0.05) is 29.2 Å². The van der Waals surface area contributed by atoms with Crippen LogP contribution in [0.2, 0.25) is 0 Å². The van der Waals surface area contributed by atoms with Crippen LogP contribution in [0.5, 0.6) is 0 Å². The SMILES string of the molecule is CN(CCC#N)c1c(Br)ccc2c1CC(C)(C)c1c(N)ncnc1-2. The van der Waals surface area contributed by atoms with Gasteiger partial charge in [-0.1, -0.05) is 19.9 Å². The third-order valence-electron chi connectivity index (χ3n) is 4.60. The zero-order chi connectivity index (χ0) is 17.5. The summed E-state index contributed by atoms with van der Waals surface area (Å²) < 4.78 is 1.03. The van der Waals surface area contributed by atoms with E-state index in [4.69, 9.17) is 11.0 Å². The van der Waals surface area contributed by atoms with Gasteiger partial charge >= 0.3 is 0 Å². The van der Waals surface area contributed by atoms with Crippen molar-refractivity contribution in [2.45, 2.75) is 32.1 Å². The van der Waals surface area contributed by atoms with Gasteiger partial charge in [0.25, 0.3) is 0 Å². The molecule has 0 saturated heterocycles. The number of nitrogen functional groups attached to an aromatic ring is 1. The topological polar surface area (TPSA) is 78.8 Å². The molecule has 5 nitrogen and oxygen atoms in total. The summed E-state index contributed by atoms with van der Waals surface area (Å²) in [5.74, 6) is 0.554. The van der Waals surface area contributed by atoms with E-state index in [9.17, 15) is 0 Å². The van der Waals surface area contributed by atoms with Crippen LogP contribution in [-0.4, -0.2) is 23.6 Å². The second-order valence-corrected chi connectivity index (χ2v) is 7.65. The second-order valence-electron chi connectivity index (χ2n) is 6.79. The van der Waals surface area contributed by atoms with Crippen molar-refractivity contribution < 1.29 is 0 Å². The number of benzene rings is 1. The van der Waals surface area contributed by atoms with Crippen molar-refractivity contribution in [3.63, 3.8) is 0 Å². The van der Waals surface area contributed by atoms with Crippen molar-refractivity contribution in [3.05, 3.63) is 34.1 Å². The van der Waals surface area contributed by atoms with Crippen LogP contribution in [0, 0.1) is 11.3 Å². The summed E-state index contributed by atoms with van der Waals surface area (Å²) in [5.41, 5.74) is 11.4. The first kappa shape index (κ1) is 16.7. The molecular formula is C18H20BrN5. The highest BCUT2D eigenvalue weighted by atomic mass is 79.9. The van der Waals surface area contributed by atoms with Crippen molar-refractivity contribution in [1.29, 1.82) is 5.26 Å². The van der Waals surface area contributed by atoms with Gasteiger partial charge in [0.15, 0.2) is 0 Å². The molecule has 2 aromatic rings. The smallest absolute Gasteiger partial charge is 0.131 e. The lowest BCUT2D eigenvalue weighted by molar-refractivity contribution is 0.514. The van der Waals surface area contributed by atoms with Crippen molar-refractivity contribution in [1.82, 2.24) is 9.97 Å². The average Bonchev–Trinajstić information content (AvgIpc) is 2.51. The van der Waals surface area contributed by atoms with Gasteiger partial charge in [-0.15, -0.1) is 0 Å². The average molecular weight is 386 g/mol. The number of halogens is 1. The number of fused-ring (bicyclic) bond motifs is 3. The highest BCUT2D eigenvalue weighted by molar-refractivity contribution is 9.10. The van der Waals surface area contributed by atoms with E-state index < -0.39 is 0 Å². The zero-order valence-corrected chi connectivity index (χ0v) is 15.7. The molecule has 24 heavy (non-hydrogen) atoms. The summed E-state index contributed by atoms with van der Waals surface area (Å²) in [7, 11) is 2.02. The Morgan fingerprint density at radius 2 is 2.12 bits per heavy atom. The number of nitrogens with two attached hydrogens (primary N) is 1. The fourth-order valence-electron chi connectivity index (χ4n) is 3.55. The number of anilines is 2. The normalized spacial score (nSPS) is 14.5. The van der Waals surface area contributed by atoms with Gasteiger partial charge in [-0.05, 0) is 39.4 Å². The molecule has 1 aliphatic carbocycles. The lowest BCUT2D eigenvalue weighted by Crippen LogP contribution is -2.30. The Balaban J connectivity index is 2.24. The largest absolute Gasteiger partial charge is 0.383 e. The molecule has 3 rings (SSSR count). The highest BCUT2D eigenvalue weighted by Gasteiger charge is 2.36. The second kappa shape index (κ2) is 6.06. The summed E-state index contributed by atoms with van der Waals surface area (Å²) in [6.45, 7) is 5.04. The van der Waals surface area contributed by atoms with Gasteiger partial charge < -0.3 is 10.6 Å². The van der Waals surface area contributed by atoms with Crippen molar-refractivity contribution in [2.24, 2.45) is 0 Å². The first-order valence-corrected chi connectivity index (χ1v) is 8.67. The number of aromatic nitrogens is 2. The molecule has 0 atom stereocenters. The number of hydrogen-bond donors (Lipinski definition) is 1. The molecule has 0 aliphatic heterocycles. The van der Waals surface area contributed by atoms with E-state index in [-0.39, 0.29) is 5.41 Å². The summed E-state index contributed by atoms with van der Waals surface area (Å²) >= 11 is 3.68. The predicted octanol–water partition coefficient (Wildman–Crippen LogP) is 3.67. The Morgan fingerprint density at radius 3 is 2.83 bits per heavy atom. The van der Waals surface area contributed by atoms with E-state index in [0.29, 0.717) is 18.8 Å². The summed E-state index contributed by atoms with van der Waals surface area (Å²) in [6.07, 6.45) is 2.86. The Labute approximate surface area is 150 Å². The van der Waals surface area contributed by atoms with Crippen LogP contribution in [0.4, 0.5) is 11.5 Å². The van der Waals surface area contributed by atoms with Crippen LogP contribution in [0.25, 0.3) is 11.3 Å². The zero-order valence-electron chi connectivity index (χ0n) is 14.1. The molecule has 0 unspecified atom stereocenters. The minimum absolute atomic E-state index is 0.153. The Bertz CT molecular complexity index is 838. The molecule has 0 fully saturated rings. The van der Waals surface area contributed by atoms with Crippen molar-refractivity contribution in [3.8, 4) is 17.3 Å². The third kappa shape index (κ3) is 2.63.